The zero-order valence-corrected chi connectivity index (χ0v) is 14.6. The van der Waals surface area contributed by atoms with Gasteiger partial charge in [0.05, 0.1) is 10.7 Å². The number of hydrogen-bond acceptors (Lipinski definition) is 2. The van der Waals surface area contributed by atoms with Crippen LogP contribution in [-0.2, 0) is 0 Å². The van der Waals surface area contributed by atoms with Gasteiger partial charge in [0.15, 0.2) is 0 Å². The summed E-state index contributed by atoms with van der Waals surface area (Å²) in [6, 6.07) is 10.2. The topological polar surface area (TPSA) is 29.1 Å². The molecule has 0 radical (unpaired) electrons. The number of amides is 1. The highest BCUT2D eigenvalue weighted by atomic mass is 79.9. The van der Waals surface area contributed by atoms with Gasteiger partial charge in [-0.15, -0.1) is 11.3 Å². The molecule has 2 aromatic carbocycles. The first-order chi connectivity index (χ1) is 10.5. The van der Waals surface area contributed by atoms with Crippen molar-refractivity contribution < 1.29 is 9.18 Å². The molecule has 0 atom stereocenters. The lowest BCUT2D eigenvalue weighted by molar-refractivity contribution is 0.103. The van der Waals surface area contributed by atoms with Crippen LogP contribution in [0, 0.1) is 12.7 Å². The van der Waals surface area contributed by atoms with Crippen molar-refractivity contribution in [3.05, 3.63) is 62.2 Å². The number of carbonyl (C=O) groups excluding carboxylic acids is 1. The summed E-state index contributed by atoms with van der Waals surface area (Å²) in [5.41, 5.74) is 1.13. The third-order valence-electron chi connectivity index (χ3n) is 3.25. The second kappa shape index (κ2) is 5.99. The van der Waals surface area contributed by atoms with Crippen molar-refractivity contribution in [3.63, 3.8) is 0 Å². The maximum absolute atomic E-state index is 13.8. The molecule has 6 heteroatoms. The number of halogens is 3. The fourth-order valence-corrected chi connectivity index (χ4v) is 4.10. The Hall–Kier alpha value is -1.43. The lowest BCUT2D eigenvalue weighted by Gasteiger charge is -2.05. The lowest BCUT2D eigenvalue weighted by Crippen LogP contribution is -2.11. The number of fused-ring (bicyclic) bond motifs is 1. The van der Waals surface area contributed by atoms with E-state index in [0.717, 1.165) is 15.6 Å². The first-order valence-corrected chi connectivity index (χ1v) is 8.40. The van der Waals surface area contributed by atoms with E-state index >= 15 is 0 Å². The van der Waals surface area contributed by atoms with E-state index < -0.39 is 11.7 Å². The maximum Gasteiger partial charge on any atom is 0.267 e. The van der Waals surface area contributed by atoms with Gasteiger partial charge in [-0.3, -0.25) is 4.79 Å². The zero-order valence-electron chi connectivity index (χ0n) is 11.4. The molecule has 0 saturated carbocycles. The Morgan fingerprint density at radius 3 is 2.77 bits per heavy atom. The van der Waals surface area contributed by atoms with Crippen molar-refractivity contribution in [2.24, 2.45) is 0 Å². The molecule has 1 aromatic heterocycles. The Balaban J connectivity index is 1.99. The first-order valence-electron chi connectivity index (χ1n) is 6.41. The van der Waals surface area contributed by atoms with Gasteiger partial charge in [0.2, 0.25) is 0 Å². The largest absolute Gasteiger partial charge is 0.319 e. The highest BCUT2D eigenvalue weighted by molar-refractivity contribution is 9.10. The SMILES string of the molecule is Cc1cccc2sc(C(=O)Nc3ccc(Br)cc3F)c(Cl)c12. The second-order valence-electron chi connectivity index (χ2n) is 4.77. The molecular weight excluding hydrogens is 389 g/mol. The average Bonchev–Trinajstić information content (AvgIpc) is 2.80. The lowest BCUT2D eigenvalue weighted by atomic mass is 10.1. The molecule has 0 fully saturated rings. The van der Waals surface area contributed by atoms with Crippen LogP contribution in [0.25, 0.3) is 10.1 Å². The molecule has 112 valence electrons. The van der Waals surface area contributed by atoms with Crippen LogP contribution in [0.2, 0.25) is 5.02 Å². The average molecular weight is 399 g/mol. The molecule has 0 aliphatic rings. The van der Waals surface area contributed by atoms with E-state index in [0.29, 0.717) is 14.4 Å². The summed E-state index contributed by atoms with van der Waals surface area (Å²) in [5, 5.41) is 3.85. The van der Waals surface area contributed by atoms with Crippen molar-refractivity contribution in [1.82, 2.24) is 0 Å². The predicted molar refractivity (Wildman–Crippen MR) is 93.6 cm³/mol. The monoisotopic (exact) mass is 397 g/mol. The van der Waals surface area contributed by atoms with Crippen LogP contribution in [0.1, 0.15) is 15.2 Å². The number of nitrogens with one attached hydrogen (secondary N) is 1. The molecule has 0 aliphatic heterocycles. The van der Waals surface area contributed by atoms with Crippen LogP contribution in [0.5, 0.6) is 0 Å². The highest BCUT2D eigenvalue weighted by Crippen LogP contribution is 2.37. The molecule has 2 nitrogen and oxygen atoms in total. The van der Waals surface area contributed by atoms with Crippen molar-refractivity contribution in [3.8, 4) is 0 Å². The van der Waals surface area contributed by atoms with Crippen LogP contribution in [-0.4, -0.2) is 5.91 Å². The third-order valence-corrected chi connectivity index (χ3v) is 5.39. The Kier molecular flexibility index (Phi) is 4.21. The summed E-state index contributed by atoms with van der Waals surface area (Å²) >= 11 is 10.8. The van der Waals surface area contributed by atoms with Crippen molar-refractivity contribution in [1.29, 1.82) is 0 Å². The van der Waals surface area contributed by atoms with Crippen LogP contribution in [0.15, 0.2) is 40.9 Å². The minimum Gasteiger partial charge on any atom is -0.319 e. The van der Waals surface area contributed by atoms with E-state index in [-0.39, 0.29) is 5.69 Å². The minimum absolute atomic E-state index is 0.124. The quantitative estimate of drug-likeness (QED) is 0.562. The molecule has 0 unspecified atom stereocenters. The zero-order chi connectivity index (χ0) is 15.9. The summed E-state index contributed by atoms with van der Waals surface area (Å²) < 4.78 is 15.4. The molecule has 1 heterocycles. The summed E-state index contributed by atoms with van der Waals surface area (Å²) in [4.78, 5) is 12.8. The van der Waals surface area contributed by atoms with E-state index in [1.165, 1.54) is 23.5 Å². The number of benzene rings is 2. The van der Waals surface area contributed by atoms with Gasteiger partial charge in [0.1, 0.15) is 10.7 Å². The molecule has 0 saturated heterocycles. The standard InChI is InChI=1S/C16H10BrClFNOS/c1-8-3-2-4-12-13(8)14(18)15(22-12)16(21)20-11-6-5-9(17)7-10(11)19/h2-7H,1H3,(H,20,21). The van der Waals surface area contributed by atoms with Crippen LogP contribution >= 0.6 is 38.9 Å². The molecule has 3 rings (SSSR count). The van der Waals surface area contributed by atoms with Gasteiger partial charge in [0, 0.05) is 14.6 Å². The van der Waals surface area contributed by atoms with Gasteiger partial charge >= 0.3 is 0 Å². The van der Waals surface area contributed by atoms with E-state index in [1.54, 1.807) is 6.07 Å². The smallest absolute Gasteiger partial charge is 0.267 e. The van der Waals surface area contributed by atoms with Crippen LogP contribution < -0.4 is 5.32 Å². The normalized spacial score (nSPS) is 10.9. The number of hydrogen-bond donors (Lipinski definition) is 1. The van der Waals surface area contributed by atoms with Gasteiger partial charge in [0.25, 0.3) is 5.91 Å². The fourth-order valence-electron chi connectivity index (χ4n) is 2.19. The van der Waals surface area contributed by atoms with Crippen LogP contribution in [0.4, 0.5) is 10.1 Å². The number of carbonyl (C=O) groups is 1. The molecule has 3 aromatic rings. The Bertz CT molecular complexity index is 893. The number of anilines is 1. The van der Waals surface area contributed by atoms with Gasteiger partial charge < -0.3 is 5.32 Å². The van der Waals surface area contributed by atoms with Gasteiger partial charge in [-0.25, -0.2) is 4.39 Å². The van der Waals surface area contributed by atoms with E-state index in [2.05, 4.69) is 21.2 Å². The molecular formula is C16H10BrClFNOS. The number of aryl methyl sites for hydroxylation is 1. The fraction of sp³-hybridized carbons (Fsp3) is 0.0625. The second-order valence-corrected chi connectivity index (χ2v) is 7.12. The van der Waals surface area contributed by atoms with Crippen molar-refractivity contribution in [2.75, 3.05) is 5.32 Å². The Morgan fingerprint density at radius 2 is 2.09 bits per heavy atom. The van der Waals surface area contributed by atoms with Crippen molar-refractivity contribution in [2.45, 2.75) is 6.92 Å². The Labute approximate surface area is 144 Å². The van der Waals surface area contributed by atoms with E-state index in [4.69, 9.17) is 11.6 Å². The summed E-state index contributed by atoms with van der Waals surface area (Å²) in [6.07, 6.45) is 0. The summed E-state index contributed by atoms with van der Waals surface area (Å²) in [6.45, 7) is 1.94. The highest BCUT2D eigenvalue weighted by Gasteiger charge is 2.19. The Morgan fingerprint density at radius 1 is 1.32 bits per heavy atom. The van der Waals surface area contributed by atoms with Crippen molar-refractivity contribution >= 4 is 60.5 Å². The van der Waals surface area contributed by atoms with Crippen LogP contribution in [0.3, 0.4) is 0 Å². The molecule has 0 aliphatic carbocycles. The summed E-state index contributed by atoms with van der Waals surface area (Å²) in [7, 11) is 0. The molecule has 1 amide bonds. The molecule has 0 bridgehead atoms. The predicted octanol–water partition coefficient (Wildman–Crippen LogP) is 6.02. The minimum atomic E-state index is -0.504. The first kappa shape index (κ1) is 15.5. The summed E-state index contributed by atoms with van der Waals surface area (Å²) in [5.74, 6) is -0.914. The van der Waals surface area contributed by atoms with E-state index in [1.807, 2.05) is 25.1 Å². The van der Waals surface area contributed by atoms with Gasteiger partial charge in [-0.2, -0.15) is 0 Å². The van der Waals surface area contributed by atoms with E-state index in [9.17, 15) is 9.18 Å². The van der Waals surface area contributed by atoms with Gasteiger partial charge in [-0.1, -0.05) is 39.7 Å². The maximum atomic E-state index is 13.8. The molecule has 1 N–H and O–H groups in total. The molecule has 0 spiro atoms. The molecule has 22 heavy (non-hydrogen) atoms. The number of thiophene rings is 1. The number of rotatable bonds is 2. The third kappa shape index (κ3) is 2.76. The van der Waals surface area contributed by atoms with Gasteiger partial charge in [-0.05, 0) is 36.8 Å².